The van der Waals surface area contributed by atoms with Gasteiger partial charge in [0.25, 0.3) is 11.8 Å². The predicted octanol–water partition coefficient (Wildman–Crippen LogP) is 2.15. The van der Waals surface area contributed by atoms with Crippen molar-refractivity contribution < 1.29 is 22.8 Å². The first-order chi connectivity index (χ1) is 15.6. The molecule has 33 heavy (non-hydrogen) atoms. The molecule has 0 aromatic heterocycles. The van der Waals surface area contributed by atoms with E-state index in [4.69, 9.17) is 0 Å². The minimum absolute atomic E-state index is 0.148. The third-order valence-corrected chi connectivity index (χ3v) is 8.11. The van der Waals surface area contributed by atoms with Crippen LogP contribution in [0.2, 0.25) is 0 Å². The third kappa shape index (κ3) is 4.06. The molecule has 1 unspecified atom stereocenters. The van der Waals surface area contributed by atoms with E-state index in [1.54, 1.807) is 67.3 Å². The number of aryl methyl sites for hydroxylation is 1. The molecule has 0 saturated carbocycles. The summed E-state index contributed by atoms with van der Waals surface area (Å²) in [6.45, 7) is 6.16. The van der Waals surface area contributed by atoms with Gasteiger partial charge in [-0.25, -0.2) is 8.42 Å². The van der Waals surface area contributed by atoms with Crippen molar-refractivity contribution in [1.29, 1.82) is 0 Å². The van der Waals surface area contributed by atoms with Crippen molar-refractivity contribution in [2.75, 3.05) is 26.2 Å². The van der Waals surface area contributed by atoms with Crippen LogP contribution < -0.4 is 0 Å². The maximum Gasteiger partial charge on any atom is 0.262 e. The Balaban J connectivity index is 1.50. The van der Waals surface area contributed by atoms with Gasteiger partial charge in [-0.2, -0.15) is 4.31 Å². The average Bonchev–Trinajstić information content (AvgIpc) is 3.05. The molecule has 9 heteroatoms. The molecule has 0 N–H and O–H groups in total. The minimum Gasteiger partial charge on any atom is -0.338 e. The number of carbonyl (C=O) groups is 3. The van der Waals surface area contributed by atoms with E-state index in [2.05, 4.69) is 0 Å². The van der Waals surface area contributed by atoms with Gasteiger partial charge in [-0.1, -0.05) is 43.7 Å². The van der Waals surface area contributed by atoms with Crippen LogP contribution in [-0.2, 0) is 14.8 Å². The van der Waals surface area contributed by atoms with Crippen molar-refractivity contribution in [2.24, 2.45) is 5.92 Å². The molecular formula is C24H27N3O5S. The second-order valence-corrected chi connectivity index (χ2v) is 10.7. The molecular weight excluding hydrogens is 442 g/mol. The monoisotopic (exact) mass is 469 g/mol. The molecule has 3 amide bonds. The molecule has 2 aromatic carbocycles. The summed E-state index contributed by atoms with van der Waals surface area (Å²) in [6, 6.07) is 12.3. The number of nitrogens with zero attached hydrogens (tertiary/aromatic N) is 3. The molecule has 2 aliphatic rings. The Morgan fingerprint density at radius 3 is 1.85 bits per heavy atom. The van der Waals surface area contributed by atoms with Crippen LogP contribution in [0.5, 0.6) is 0 Å². The second-order valence-electron chi connectivity index (χ2n) is 8.76. The van der Waals surface area contributed by atoms with E-state index < -0.39 is 27.9 Å². The fourth-order valence-corrected chi connectivity index (χ4v) is 5.77. The van der Waals surface area contributed by atoms with E-state index in [1.807, 2.05) is 6.92 Å². The number of imide groups is 1. The van der Waals surface area contributed by atoms with Crippen LogP contribution in [-0.4, -0.2) is 72.5 Å². The van der Waals surface area contributed by atoms with Gasteiger partial charge >= 0.3 is 0 Å². The van der Waals surface area contributed by atoms with Gasteiger partial charge < -0.3 is 4.90 Å². The summed E-state index contributed by atoms with van der Waals surface area (Å²) in [4.78, 5) is 42.2. The zero-order chi connectivity index (χ0) is 23.9. The third-order valence-electron chi connectivity index (χ3n) is 6.20. The number of sulfonamides is 1. The van der Waals surface area contributed by atoms with Gasteiger partial charge in [0.15, 0.2) is 0 Å². The van der Waals surface area contributed by atoms with E-state index in [9.17, 15) is 22.8 Å². The Morgan fingerprint density at radius 1 is 0.848 bits per heavy atom. The molecule has 1 fully saturated rings. The molecule has 4 rings (SSSR count). The summed E-state index contributed by atoms with van der Waals surface area (Å²) in [6.07, 6.45) is 0. The summed E-state index contributed by atoms with van der Waals surface area (Å²) in [5.74, 6) is -1.58. The van der Waals surface area contributed by atoms with Crippen LogP contribution in [0, 0.1) is 12.8 Å². The highest BCUT2D eigenvalue weighted by molar-refractivity contribution is 7.89. The first-order valence-electron chi connectivity index (χ1n) is 11.0. The molecule has 8 nitrogen and oxygen atoms in total. The van der Waals surface area contributed by atoms with Gasteiger partial charge in [-0.3, -0.25) is 19.3 Å². The molecule has 2 aromatic rings. The molecule has 0 radical (unpaired) electrons. The van der Waals surface area contributed by atoms with Crippen LogP contribution in [0.4, 0.5) is 0 Å². The zero-order valence-electron chi connectivity index (χ0n) is 18.9. The summed E-state index contributed by atoms with van der Waals surface area (Å²) in [7, 11) is -3.66. The fourth-order valence-electron chi connectivity index (χ4n) is 4.35. The predicted molar refractivity (Wildman–Crippen MR) is 122 cm³/mol. The molecule has 2 aliphatic heterocycles. The maximum atomic E-state index is 13.4. The van der Waals surface area contributed by atoms with Crippen LogP contribution in [0.15, 0.2) is 53.4 Å². The lowest BCUT2D eigenvalue weighted by molar-refractivity contribution is -0.138. The second kappa shape index (κ2) is 8.72. The fraction of sp³-hybridized carbons (Fsp3) is 0.375. The molecule has 174 valence electrons. The van der Waals surface area contributed by atoms with Gasteiger partial charge in [-0.15, -0.1) is 0 Å². The van der Waals surface area contributed by atoms with Crippen molar-refractivity contribution in [3.63, 3.8) is 0 Å². The number of rotatable bonds is 5. The van der Waals surface area contributed by atoms with Crippen molar-refractivity contribution >= 4 is 27.7 Å². The highest BCUT2D eigenvalue weighted by Crippen LogP contribution is 2.28. The lowest BCUT2D eigenvalue weighted by Crippen LogP contribution is -2.58. The van der Waals surface area contributed by atoms with Crippen LogP contribution in [0.3, 0.4) is 0 Å². The first-order valence-corrected chi connectivity index (χ1v) is 12.4. The number of hydrogen-bond donors (Lipinski definition) is 0. The molecule has 1 saturated heterocycles. The summed E-state index contributed by atoms with van der Waals surface area (Å²) in [5.41, 5.74) is 1.57. The standard InChI is InChI=1S/C24H27N3O5S/c1-16(2)21(27-22(28)19-6-4-5-7-20(19)23(27)29)24(30)25-12-14-26(15-13-25)33(31,32)18-10-8-17(3)9-11-18/h4-11,16,21H,12-15H2,1-3H3. The van der Waals surface area contributed by atoms with Gasteiger partial charge in [0.1, 0.15) is 6.04 Å². The molecule has 0 aliphatic carbocycles. The molecule has 0 spiro atoms. The quantitative estimate of drug-likeness (QED) is 0.626. The zero-order valence-corrected chi connectivity index (χ0v) is 19.7. The van der Waals surface area contributed by atoms with Crippen molar-refractivity contribution in [2.45, 2.75) is 31.7 Å². The Kier molecular flexibility index (Phi) is 6.11. The first kappa shape index (κ1) is 23.1. The Hall–Kier alpha value is -3.04. The summed E-state index contributed by atoms with van der Waals surface area (Å²) >= 11 is 0. The average molecular weight is 470 g/mol. The van der Waals surface area contributed by atoms with Crippen LogP contribution in [0.1, 0.15) is 40.1 Å². The van der Waals surface area contributed by atoms with Gasteiger partial charge in [0, 0.05) is 26.2 Å². The maximum absolute atomic E-state index is 13.4. The molecule has 2 heterocycles. The normalized spacial score (nSPS) is 18.1. The topological polar surface area (TPSA) is 95.1 Å². The summed E-state index contributed by atoms with van der Waals surface area (Å²) < 4.78 is 27.3. The number of piperazine rings is 1. The number of benzene rings is 2. The Bertz CT molecular complexity index is 1160. The highest BCUT2D eigenvalue weighted by Gasteiger charge is 2.45. The van der Waals surface area contributed by atoms with Crippen molar-refractivity contribution in [1.82, 2.24) is 14.1 Å². The van der Waals surface area contributed by atoms with Gasteiger partial charge in [0.05, 0.1) is 16.0 Å². The number of carbonyl (C=O) groups excluding carboxylic acids is 3. The number of fused-ring (bicyclic) bond motifs is 1. The Labute approximate surface area is 193 Å². The molecule has 1 atom stereocenters. The van der Waals surface area contributed by atoms with E-state index in [0.717, 1.165) is 10.5 Å². The summed E-state index contributed by atoms with van der Waals surface area (Å²) in [5, 5.41) is 0. The lowest BCUT2D eigenvalue weighted by atomic mass is 10.0. The van der Waals surface area contributed by atoms with Crippen molar-refractivity contribution in [3.05, 3.63) is 65.2 Å². The van der Waals surface area contributed by atoms with Gasteiger partial charge in [0.2, 0.25) is 15.9 Å². The van der Waals surface area contributed by atoms with Crippen molar-refractivity contribution in [3.8, 4) is 0 Å². The Morgan fingerprint density at radius 2 is 1.36 bits per heavy atom. The van der Waals surface area contributed by atoms with E-state index in [0.29, 0.717) is 11.1 Å². The van der Waals surface area contributed by atoms with E-state index >= 15 is 0 Å². The van der Waals surface area contributed by atoms with Crippen LogP contribution >= 0.6 is 0 Å². The SMILES string of the molecule is Cc1ccc(S(=O)(=O)N2CCN(C(=O)C(C(C)C)N3C(=O)c4ccccc4C3=O)CC2)cc1. The smallest absolute Gasteiger partial charge is 0.262 e. The van der Waals surface area contributed by atoms with Gasteiger partial charge in [-0.05, 0) is 37.1 Å². The number of amides is 3. The van der Waals surface area contributed by atoms with E-state index in [1.165, 1.54) is 4.31 Å². The van der Waals surface area contributed by atoms with Crippen LogP contribution in [0.25, 0.3) is 0 Å². The largest absolute Gasteiger partial charge is 0.338 e. The highest BCUT2D eigenvalue weighted by atomic mass is 32.2. The number of hydrogen-bond acceptors (Lipinski definition) is 5. The molecule has 0 bridgehead atoms. The minimum atomic E-state index is -3.66. The lowest BCUT2D eigenvalue weighted by Gasteiger charge is -2.38. The van der Waals surface area contributed by atoms with E-state index in [-0.39, 0.29) is 42.9 Å².